The summed E-state index contributed by atoms with van der Waals surface area (Å²) in [7, 11) is 0. The van der Waals surface area contributed by atoms with E-state index in [2.05, 4.69) is 15.9 Å². The molecule has 0 unspecified atom stereocenters. The van der Waals surface area contributed by atoms with Crippen molar-refractivity contribution in [3.63, 3.8) is 0 Å². The summed E-state index contributed by atoms with van der Waals surface area (Å²) in [6, 6.07) is 2.11. The SMILES string of the molecule is Oc1c(C(F)(F)F)cc2c(sc3c(C(F)(F)F)c(Br)ccc32)c1C(F)(F)F. The van der Waals surface area contributed by atoms with Crippen LogP contribution in [0.15, 0.2) is 22.7 Å². The number of thiophene rings is 1. The van der Waals surface area contributed by atoms with Crippen LogP contribution in [0, 0.1) is 0 Å². The van der Waals surface area contributed by atoms with E-state index >= 15 is 0 Å². The van der Waals surface area contributed by atoms with Crippen LogP contribution < -0.4 is 0 Å². The van der Waals surface area contributed by atoms with Crippen molar-refractivity contribution in [2.24, 2.45) is 0 Å². The highest BCUT2D eigenvalue weighted by molar-refractivity contribution is 9.10. The van der Waals surface area contributed by atoms with E-state index in [0.717, 1.165) is 12.1 Å². The molecule has 146 valence electrons. The van der Waals surface area contributed by atoms with Crippen LogP contribution in [0.25, 0.3) is 20.2 Å². The monoisotopic (exact) mass is 482 g/mol. The molecule has 2 aromatic carbocycles. The number of fused-ring (bicyclic) bond motifs is 3. The number of aromatic hydroxyl groups is 1. The minimum atomic E-state index is -5.42. The fraction of sp³-hybridized carbons (Fsp3) is 0.200. The van der Waals surface area contributed by atoms with Gasteiger partial charge >= 0.3 is 18.5 Å². The van der Waals surface area contributed by atoms with E-state index in [1.165, 1.54) is 0 Å². The molecule has 0 atom stereocenters. The lowest BCUT2D eigenvalue weighted by atomic mass is 10.0. The van der Waals surface area contributed by atoms with Gasteiger partial charge in [-0.05, 0) is 12.1 Å². The lowest BCUT2D eigenvalue weighted by Gasteiger charge is -2.15. The van der Waals surface area contributed by atoms with Crippen molar-refractivity contribution in [2.45, 2.75) is 18.5 Å². The normalized spacial score (nSPS) is 13.7. The average molecular weight is 483 g/mol. The summed E-state index contributed by atoms with van der Waals surface area (Å²) in [5.41, 5.74) is -5.29. The first-order valence-corrected chi connectivity index (χ1v) is 8.37. The maximum atomic E-state index is 13.3. The summed E-state index contributed by atoms with van der Waals surface area (Å²) >= 11 is 2.68. The Morgan fingerprint density at radius 1 is 0.741 bits per heavy atom. The first kappa shape index (κ1) is 20.1. The van der Waals surface area contributed by atoms with Crippen LogP contribution in [-0.2, 0) is 18.5 Å². The molecule has 3 rings (SSSR count). The molecule has 3 aromatic rings. The van der Waals surface area contributed by atoms with Crippen molar-refractivity contribution < 1.29 is 44.6 Å². The van der Waals surface area contributed by atoms with Crippen LogP contribution in [0.4, 0.5) is 39.5 Å². The van der Waals surface area contributed by atoms with E-state index in [-0.39, 0.29) is 17.4 Å². The number of hydrogen-bond donors (Lipinski definition) is 1. The molecule has 0 aliphatic heterocycles. The Balaban J connectivity index is 2.61. The minimum absolute atomic E-state index is 0.0190. The Morgan fingerprint density at radius 2 is 1.26 bits per heavy atom. The second kappa shape index (κ2) is 5.90. The van der Waals surface area contributed by atoms with Crippen molar-refractivity contribution in [3.05, 3.63) is 39.4 Å². The molecule has 0 radical (unpaired) electrons. The third-order valence-corrected chi connectivity index (χ3v) is 5.64. The predicted octanol–water partition coefficient (Wildman–Crippen LogP) is 7.58. The number of halogens is 10. The van der Waals surface area contributed by atoms with Crippen LogP contribution in [0.2, 0.25) is 0 Å². The highest BCUT2D eigenvalue weighted by Gasteiger charge is 2.44. The van der Waals surface area contributed by atoms with Gasteiger partial charge in [0.15, 0.2) is 0 Å². The average Bonchev–Trinajstić information content (AvgIpc) is 2.79. The maximum Gasteiger partial charge on any atom is 0.421 e. The Hall–Kier alpha value is -1.69. The van der Waals surface area contributed by atoms with Gasteiger partial charge in [-0.3, -0.25) is 0 Å². The van der Waals surface area contributed by atoms with Gasteiger partial charge in [-0.15, -0.1) is 11.3 Å². The van der Waals surface area contributed by atoms with Crippen molar-refractivity contribution in [1.29, 1.82) is 0 Å². The fourth-order valence-corrected chi connectivity index (χ4v) is 4.78. The van der Waals surface area contributed by atoms with E-state index in [1.54, 1.807) is 0 Å². The highest BCUT2D eigenvalue weighted by Crippen LogP contribution is 2.53. The molecule has 12 heteroatoms. The molecule has 27 heavy (non-hydrogen) atoms. The largest absolute Gasteiger partial charge is 0.507 e. The first-order valence-electron chi connectivity index (χ1n) is 6.76. The van der Waals surface area contributed by atoms with E-state index in [9.17, 15) is 44.6 Å². The molecular formula is C15H4BrF9OS. The zero-order valence-electron chi connectivity index (χ0n) is 12.4. The van der Waals surface area contributed by atoms with Crippen LogP contribution in [-0.4, -0.2) is 5.11 Å². The number of phenolic OH excluding ortho intramolecular Hbond substituents is 1. The standard InChI is InChI=1S/C15H4BrF9OS/c16-7-2-1-4-5-3-6(13(17,18)19)10(26)9(15(23,24)25)12(5)27-11(4)8(7)14(20,21)22/h1-3,26H. The van der Waals surface area contributed by atoms with Gasteiger partial charge in [0.1, 0.15) is 11.3 Å². The smallest absolute Gasteiger partial charge is 0.421 e. The Bertz CT molecular complexity index is 1060. The maximum absolute atomic E-state index is 13.3. The Labute approximate surface area is 156 Å². The van der Waals surface area contributed by atoms with Crippen molar-refractivity contribution in [2.75, 3.05) is 0 Å². The zero-order chi connectivity index (χ0) is 20.5. The summed E-state index contributed by atoms with van der Waals surface area (Å²) in [4.78, 5) is 0. The van der Waals surface area contributed by atoms with Crippen LogP contribution in [0.1, 0.15) is 16.7 Å². The summed E-state index contributed by atoms with van der Waals surface area (Å²) in [6.45, 7) is 0. The van der Waals surface area contributed by atoms with Crippen molar-refractivity contribution in [1.82, 2.24) is 0 Å². The van der Waals surface area contributed by atoms with Crippen molar-refractivity contribution in [3.8, 4) is 5.75 Å². The van der Waals surface area contributed by atoms with E-state index in [0.29, 0.717) is 0 Å². The molecule has 1 heterocycles. The van der Waals surface area contributed by atoms with Gasteiger partial charge in [0, 0.05) is 19.9 Å². The number of rotatable bonds is 0. The molecular weight excluding hydrogens is 479 g/mol. The number of alkyl halides is 9. The quantitative estimate of drug-likeness (QED) is 0.327. The number of hydrogen-bond acceptors (Lipinski definition) is 2. The molecule has 0 saturated carbocycles. The van der Waals surface area contributed by atoms with Gasteiger partial charge in [-0.25, -0.2) is 0 Å². The predicted molar refractivity (Wildman–Crippen MR) is 83.7 cm³/mol. The molecule has 0 aliphatic carbocycles. The summed E-state index contributed by atoms with van der Waals surface area (Å²) < 4.78 is 117. The summed E-state index contributed by atoms with van der Waals surface area (Å²) in [6.07, 6.45) is -15.7. The Kier molecular flexibility index (Phi) is 4.38. The van der Waals surface area contributed by atoms with Crippen LogP contribution in [0.3, 0.4) is 0 Å². The molecule has 0 amide bonds. The number of phenols is 1. The van der Waals surface area contributed by atoms with Gasteiger partial charge in [-0.1, -0.05) is 22.0 Å². The summed E-state index contributed by atoms with van der Waals surface area (Å²) in [5.74, 6) is -2.07. The van der Waals surface area contributed by atoms with Gasteiger partial charge in [0.05, 0.1) is 15.8 Å². The van der Waals surface area contributed by atoms with E-state index in [1.807, 2.05) is 0 Å². The topological polar surface area (TPSA) is 20.2 Å². The third kappa shape index (κ3) is 3.22. The van der Waals surface area contributed by atoms with Gasteiger partial charge in [-0.2, -0.15) is 39.5 Å². The zero-order valence-corrected chi connectivity index (χ0v) is 14.8. The fourth-order valence-electron chi connectivity index (χ4n) is 2.68. The number of benzene rings is 2. The lowest BCUT2D eigenvalue weighted by molar-refractivity contribution is -0.144. The van der Waals surface area contributed by atoms with Crippen LogP contribution >= 0.6 is 27.3 Å². The Morgan fingerprint density at radius 3 is 1.74 bits per heavy atom. The first-order chi connectivity index (χ1) is 12.1. The highest BCUT2D eigenvalue weighted by atomic mass is 79.9. The van der Waals surface area contributed by atoms with Crippen LogP contribution in [0.5, 0.6) is 5.75 Å². The lowest BCUT2D eigenvalue weighted by Crippen LogP contribution is -2.11. The third-order valence-electron chi connectivity index (χ3n) is 3.73. The molecule has 0 fully saturated rings. The second-order valence-corrected chi connectivity index (χ2v) is 7.29. The second-order valence-electron chi connectivity index (χ2n) is 5.42. The van der Waals surface area contributed by atoms with Gasteiger partial charge < -0.3 is 5.11 Å². The molecule has 0 aliphatic rings. The molecule has 0 bridgehead atoms. The van der Waals surface area contributed by atoms with Gasteiger partial charge in [0.25, 0.3) is 0 Å². The minimum Gasteiger partial charge on any atom is -0.507 e. The molecule has 1 nitrogen and oxygen atoms in total. The summed E-state index contributed by atoms with van der Waals surface area (Å²) in [5, 5.41) is 8.50. The van der Waals surface area contributed by atoms with E-state index in [4.69, 9.17) is 0 Å². The molecule has 0 saturated heterocycles. The molecule has 1 N–H and O–H groups in total. The van der Waals surface area contributed by atoms with E-state index < -0.39 is 65.6 Å². The molecule has 0 spiro atoms. The molecule has 1 aromatic heterocycles. The van der Waals surface area contributed by atoms with Gasteiger partial charge in [0.2, 0.25) is 0 Å². The van der Waals surface area contributed by atoms with Crippen molar-refractivity contribution >= 4 is 47.4 Å².